The van der Waals surface area contributed by atoms with Gasteiger partial charge in [-0.15, -0.1) is 0 Å². The third-order valence-electron chi connectivity index (χ3n) is 7.51. The normalized spacial score (nSPS) is 20.2. The van der Waals surface area contributed by atoms with Crippen LogP contribution in [0.1, 0.15) is 53.9 Å². The number of carbonyl (C=O) groups excluding carboxylic acids is 2. The van der Waals surface area contributed by atoms with E-state index in [4.69, 9.17) is 30.0 Å². The molecule has 1 fully saturated rings. The maximum absolute atomic E-state index is 14.2. The molecule has 6 N–H and O–H groups in total. The number of nitrogens with two attached hydrogens (primary N) is 2. The summed E-state index contributed by atoms with van der Waals surface area (Å²) in [5.41, 5.74) is 11.3. The molecule has 0 saturated heterocycles. The van der Waals surface area contributed by atoms with Gasteiger partial charge >= 0.3 is 19.7 Å². The Balaban J connectivity index is 1.61. The summed E-state index contributed by atoms with van der Waals surface area (Å²) in [6.45, 7) is 8.47. The first kappa shape index (κ1) is 34.8. The summed E-state index contributed by atoms with van der Waals surface area (Å²) in [6.07, 6.45) is 4.60. The van der Waals surface area contributed by atoms with E-state index in [2.05, 4.69) is 20.0 Å². The monoisotopic (exact) mass is 659 g/mol. The van der Waals surface area contributed by atoms with Crippen molar-refractivity contribution in [3.05, 3.63) is 52.6 Å². The van der Waals surface area contributed by atoms with E-state index < -0.39 is 42.7 Å². The van der Waals surface area contributed by atoms with Gasteiger partial charge in [-0.1, -0.05) is 45.4 Å². The van der Waals surface area contributed by atoms with Crippen LogP contribution in [0.5, 0.6) is 5.75 Å². The average Bonchev–Trinajstić information content (AvgIpc) is 3.53. The van der Waals surface area contributed by atoms with Crippen LogP contribution in [0.3, 0.4) is 0 Å². The van der Waals surface area contributed by atoms with Gasteiger partial charge in [0.2, 0.25) is 5.95 Å². The summed E-state index contributed by atoms with van der Waals surface area (Å²) in [5.74, 6) is -1.22. The van der Waals surface area contributed by atoms with Gasteiger partial charge in [-0.05, 0) is 50.3 Å². The van der Waals surface area contributed by atoms with E-state index in [1.165, 1.54) is 17.8 Å². The number of hydrogen-bond donors (Lipinski definition) is 4. The van der Waals surface area contributed by atoms with Gasteiger partial charge in [0.05, 0.1) is 18.1 Å². The highest BCUT2D eigenvalue weighted by Gasteiger charge is 2.52. The van der Waals surface area contributed by atoms with Crippen LogP contribution in [0.15, 0.2) is 47.0 Å². The number of hydrogen-bond acceptors (Lipinski definition) is 12. The molecule has 1 saturated carbocycles. The second-order valence-corrected chi connectivity index (χ2v) is 13.5. The molecule has 0 bridgehead atoms. The summed E-state index contributed by atoms with van der Waals surface area (Å²) < 4.78 is 38.6. The van der Waals surface area contributed by atoms with Gasteiger partial charge in [-0.3, -0.25) is 28.5 Å². The molecule has 0 unspecified atom stereocenters. The lowest BCUT2D eigenvalue weighted by Crippen LogP contribution is -2.39. The number of fused-ring (bicyclic) bond motifs is 1. The van der Waals surface area contributed by atoms with Gasteiger partial charge in [0.1, 0.15) is 30.8 Å². The molecule has 0 radical (unpaired) electrons. The quantitative estimate of drug-likeness (QED) is 0.128. The van der Waals surface area contributed by atoms with Crippen molar-refractivity contribution in [2.24, 2.45) is 17.1 Å². The van der Waals surface area contributed by atoms with Crippen molar-refractivity contribution >= 4 is 43.0 Å². The molecule has 250 valence electrons. The molecule has 16 heteroatoms. The maximum atomic E-state index is 14.2. The summed E-state index contributed by atoms with van der Waals surface area (Å²) >= 11 is 0. The summed E-state index contributed by atoms with van der Waals surface area (Å²) in [7, 11) is -4.23. The number of ether oxygens (including phenoxy) is 2. The van der Waals surface area contributed by atoms with Crippen molar-refractivity contribution < 1.29 is 32.7 Å². The predicted molar refractivity (Wildman–Crippen MR) is 171 cm³/mol. The van der Waals surface area contributed by atoms with Gasteiger partial charge < -0.3 is 25.5 Å². The molecule has 0 spiro atoms. The number of rotatable bonds is 16. The number of anilines is 1. The van der Waals surface area contributed by atoms with E-state index in [1.54, 1.807) is 57.3 Å². The molecule has 15 nitrogen and oxygen atoms in total. The van der Waals surface area contributed by atoms with Crippen molar-refractivity contribution in [3.63, 3.8) is 0 Å². The zero-order valence-electron chi connectivity index (χ0n) is 26.6. The second kappa shape index (κ2) is 14.6. The van der Waals surface area contributed by atoms with Gasteiger partial charge in [0.25, 0.3) is 5.56 Å². The Labute approximate surface area is 266 Å². The molecule has 3 aromatic rings. The number of carbonyl (C=O) groups is 2. The number of para-hydroxylation sites is 1. The molecule has 5 atom stereocenters. The summed E-state index contributed by atoms with van der Waals surface area (Å²) in [4.78, 5) is 48.5. The Hall–Kier alpha value is -4.04. The lowest BCUT2D eigenvalue weighted by molar-refractivity contribution is -0.150. The first-order chi connectivity index (χ1) is 21.8. The van der Waals surface area contributed by atoms with E-state index in [0.717, 1.165) is 6.42 Å². The number of esters is 2. The predicted octanol–water partition coefficient (Wildman–Crippen LogP) is 3.37. The van der Waals surface area contributed by atoms with E-state index in [1.807, 2.05) is 6.92 Å². The Morgan fingerprint density at radius 2 is 1.89 bits per heavy atom. The number of nitrogens with one attached hydrogen (secondary N) is 2. The molecule has 1 aliphatic carbocycles. The smallest absolute Gasteiger partial charge is 0.459 e. The standard InChI is InChI=1S/C30H42N7O8P/c1-6-10-19(4)44-27(39)20(5)36-46(41,45-22-11-8-7-9-12-22)43-16-30(15-42-28(40)23(31)18(2)3)13-21(30)14-37-17-33-24-25(37)34-29(32)35-26(24)38/h7-9,11-12,14,17-20,23H,6,10,13,15-16,31H2,1-5H3,(H,36,41)(H3,32,34,35,38)/b21-14-/t19-,20-,23-,30-,46-/m0/s1. The lowest BCUT2D eigenvalue weighted by Gasteiger charge is -2.26. The van der Waals surface area contributed by atoms with Crippen LogP contribution in [0, 0.1) is 11.3 Å². The third kappa shape index (κ3) is 8.60. The Morgan fingerprint density at radius 3 is 2.57 bits per heavy atom. The zero-order chi connectivity index (χ0) is 33.6. The Bertz CT molecular complexity index is 1670. The van der Waals surface area contributed by atoms with Crippen molar-refractivity contribution in [2.45, 2.75) is 72.1 Å². The average molecular weight is 660 g/mol. The molecule has 1 aromatic carbocycles. The number of aromatic amines is 1. The number of benzene rings is 1. The topological polar surface area (TPSA) is 216 Å². The SMILES string of the molecule is CCC[C@H](C)OC(=O)[C@H](C)N[P@](=O)(OC[C@@]1(COC(=O)[C@@H](N)C(C)C)C/C1=C/n1cnc2c(=O)[nH]c(N)nc21)Oc1ccccc1. The molecule has 46 heavy (non-hydrogen) atoms. The fraction of sp³-hybridized carbons (Fsp3) is 0.500. The van der Waals surface area contributed by atoms with Crippen LogP contribution in [0.25, 0.3) is 17.4 Å². The molecule has 0 amide bonds. The van der Waals surface area contributed by atoms with Gasteiger partial charge in [0, 0.05) is 6.20 Å². The molecule has 1 aliphatic rings. The number of imidazole rings is 1. The highest BCUT2D eigenvalue weighted by Crippen LogP contribution is 2.56. The minimum Gasteiger partial charge on any atom is -0.463 e. The first-order valence-electron chi connectivity index (χ1n) is 15.1. The van der Waals surface area contributed by atoms with E-state index >= 15 is 0 Å². The first-order valence-corrected chi connectivity index (χ1v) is 16.6. The van der Waals surface area contributed by atoms with Crippen LogP contribution in [-0.2, 0) is 28.2 Å². The number of H-pyrrole nitrogens is 1. The molecular formula is C30H42N7O8P. The van der Waals surface area contributed by atoms with Crippen LogP contribution < -0.4 is 26.6 Å². The van der Waals surface area contributed by atoms with Crippen LogP contribution in [0.2, 0.25) is 0 Å². The Morgan fingerprint density at radius 1 is 1.17 bits per heavy atom. The van der Waals surface area contributed by atoms with Crippen LogP contribution in [-0.4, -0.2) is 62.9 Å². The third-order valence-corrected chi connectivity index (χ3v) is 9.13. The lowest BCUT2D eigenvalue weighted by atomic mass is 10.1. The largest absolute Gasteiger partial charge is 0.463 e. The van der Waals surface area contributed by atoms with Gasteiger partial charge in [-0.2, -0.15) is 10.1 Å². The summed E-state index contributed by atoms with van der Waals surface area (Å²) in [6, 6.07) is 6.47. The highest BCUT2D eigenvalue weighted by atomic mass is 31.2. The minimum atomic E-state index is -4.23. The van der Waals surface area contributed by atoms with Crippen molar-refractivity contribution in [3.8, 4) is 5.75 Å². The molecule has 2 aromatic heterocycles. The summed E-state index contributed by atoms with van der Waals surface area (Å²) in [5, 5.41) is 2.70. The van der Waals surface area contributed by atoms with Crippen molar-refractivity contribution in [1.29, 1.82) is 0 Å². The van der Waals surface area contributed by atoms with Crippen molar-refractivity contribution in [2.75, 3.05) is 18.9 Å². The molecular weight excluding hydrogens is 617 g/mol. The second-order valence-electron chi connectivity index (χ2n) is 11.8. The molecule has 2 heterocycles. The zero-order valence-corrected chi connectivity index (χ0v) is 27.5. The molecule has 4 rings (SSSR count). The minimum absolute atomic E-state index is 0.0820. The fourth-order valence-electron chi connectivity index (χ4n) is 4.59. The maximum Gasteiger partial charge on any atom is 0.459 e. The highest BCUT2D eigenvalue weighted by molar-refractivity contribution is 7.52. The number of aromatic nitrogens is 4. The van der Waals surface area contributed by atoms with E-state index in [0.29, 0.717) is 18.4 Å². The fourth-order valence-corrected chi connectivity index (χ4v) is 6.17. The van der Waals surface area contributed by atoms with Crippen LogP contribution in [0.4, 0.5) is 5.95 Å². The van der Waals surface area contributed by atoms with Crippen molar-refractivity contribution in [1.82, 2.24) is 24.6 Å². The number of nitrogens with zero attached hydrogens (tertiary/aromatic N) is 3. The van der Waals surface area contributed by atoms with Gasteiger partial charge in [0.15, 0.2) is 11.2 Å². The van der Waals surface area contributed by atoms with E-state index in [9.17, 15) is 18.9 Å². The van der Waals surface area contributed by atoms with Crippen LogP contribution >= 0.6 is 7.75 Å². The van der Waals surface area contributed by atoms with E-state index in [-0.39, 0.29) is 48.1 Å². The molecule has 0 aliphatic heterocycles. The Kier molecular flexibility index (Phi) is 11.0. The van der Waals surface area contributed by atoms with Gasteiger partial charge in [-0.25, -0.2) is 9.55 Å². The number of nitrogen functional groups attached to an aromatic ring is 1.